The zero-order valence-electron chi connectivity index (χ0n) is 35.4. The Kier molecular flexibility index (Phi) is 13.2. The Hall–Kier alpha value is -5.92. The second kappa shape index (κ2) is 19.2. The first-order chi connectivity index (χ1) is 29.8. The summed E-state index contributed by atoms with van der Waals surface area (Å²) in [4.78, 5) is 52.7. The highest BCUT2D eigenvalue weighted by molar-refractivity contribution is 6.00. The van der Waals surface area contributed by atoms with Crippen LogP contribution in [0.1, 0.15) is 80.9 Å². The minimum atomic E-state index is -0.745. The molecule has 13 nitrogen and oxygen atoms in total. The predicted molar refractivity (Wildman–Crippen MR) is 241 cm³/mol. The second-order valence-electron chi connectivity index (χ2n) is 16.5. The fourth-order valence-electron chi connectivity index (χ4n) is 9.01. The van der Waals surface area contributed by atoms with Gasteiger partial charge in [-0.1, -0.05) is 92.8 Å². The third-order valence-corrected chi connectivity index (χ3v) is 12.2. The van der Waals surface area contributed by atoms with Crippen molar-refractivity contribution in [3.63, 3.8) is 0 Å². The molecule has 0 bridgehead atoms. The Balaban J connectivity index is 0.841. The Morgan fingerprint density at radius 1 is 0.803 bits per heavy atom. The third kappa shape index (κ3) is 9.38. The molecule has 0 saturated carbocycles. The van der Waals surface area contributed by atoms with Gasteiger partial charge < -0.3 is 15.3 Å². The van der Waals surface area contributed by atoms with Crippen molar-refractivity contribution in [2.24, 2.45) is 0 Å². The van der Waals surface area contributed by atoms with E-state index in [1.807, 2.05) is 28.8 Å². The van der Waals surface area contributed by atoms with Gasteiger partial charge in [-0.2, -0.15) is 9.61 Å². The van der Waals surface area contributed by atoms with E-state index in [-0.39, 0.29) is 30.9 Å². The summed E-state index contributed by atoms with van der Waals surface area (Å²) in [5, 5.41) is 20.9. The predicted octanol–water partition coefficient (Wildman–Crippen LogP) is 6.87. The number of nitrogens with one attached hydrogen (secondary N) is 2. The molecule has 8 rings (SSSR count). The maximum atomic E-state index is 13.7. The highest BCUT2D eigenvalue weighted by Gasteiger charge is 2.31. The van der Waals surface area contributed by atoms with Gasteiger partial charge in [-0.05, 0) is 62.8 Å². The maximum absolute atomic E-state index is 13.7. The van der Waals surface area contributed by atoms with Crippen LogP contribution < -0.4 is 21.1 Å². The molecule has 3 N–H and O–H groups in total. The smallest absolute Gasteiger partial charge is 0.264 e. The first kappa shape index (κ1) is 41.8. The van der Waals surface area contributed by atoms with Gasteiger partial charge in [-0.25, -0.2) is 9.97 Å². The lowest BCUT2D eigenvalue weighted by Crippen LogP contribution is -2.47. The lowest BCUT2D eigenvalue weighted by molar-refractivity contribution is -0.135. The maximum Gasteiger partial charge on any atom is 0.264 e. The molecule has 1 atom stereocenters. The molecule has 3 aromatic heterocycles. The number of hydrogen-bond acceptors (Lipinski definition) is 10. The molecule has 5 heterocycles. The number of carbonyl (C=O) groups is 2. The number of fused-ring (bicyclic) bond motifs is 2. The first-order valence-electron chi connectivity index (χ1n) is 22.0. The standard InChI is InChI=1S/C48H57N9O4/c1-33-44(46-51-40(36-17-10-8-11-18-36)32-43(57(46)53-33)55-27-25-54(26-28-55)29-30-58)37-19-13-16-35(31-37)15-9-6-4-3-5-7-12-24-49-38-20-14-21-39-45(38)48(61)56(34(2)50-39)41-22-23-42(59)52-47(41)60/h8,10-11,13-14,16-21,31-32,41,49,58H,3-7,9,12,15,22-30H2,1-2H3,(H,52,59,60). The highest BCUT2D eigenvalue weighted by Crippen LogP contribution is 2.34. The third-order valence-electron chi connectivity index (χ3n) is 12.2. The number of benzene rings is 3. The molecule has 2 aliphatic heterocycles. The van der Waals surface area contributed by atoms with E-state index in [4.69, 9.17) is 10.1 Å². The molecule has 0 radical (unpaired) electrons. The summed E-state index contributed by atoms with van der Waals surface area (Å²) in [5.41, 5.74) is 8.44. The molecule has 0 aliphatic carbocycles. The molecular formula is C48H57N9O4. The molecule has 6 aromatic rings. The minimum Gasteiger partial charge on any atom is -0.395 e. The van der Waals surface area contributed by atoms with E-state index in [0.29, 0.717) is 23.3 Å². The number of carbonyl (C=O) groups excluding carboxylic acids is 2. The van der Waals surface area contributed by atoms with Crippen molar-refractivity contribution in [1.29, 1.82) is 0 Å². The van der Waals surface area contributed by atoms with E-state index in [0.717, 1.165) is 110 Å². The summed E-state index contributed by atoms with van der Waals surface area (Å²) in [5.74, 6) is 0.740. The fraction of sp³-hybridized carbons (Fsp3) is 0.417. The Morgan fingerprint density at radius 2 is 1.54 bits per heavy atom. The van der Waals surface area contributed by atoms with Gasteiger partial charge in [0.25, 0.3) is 5.56 Å². The van der Waals surface area contributed by atoms with Crippen LogP contribution in [0.25, 0.3) is 38.9 Å². The number of hydrogen-bond donors (Lipinski definition) is 3. The molecule has 61 heavy (non-hydrogen) atoms. The monoisotopic (exact) mass is 823 g/mol. The van der Waals surface area contributed by atoms with E-state index >= 15 is 0 Å². The average molecular weight is 824 g/mol. The first-order valence-corrected chi connectivity index (χ1v) is 22.0. The van der Waals surface area contributed by atoms with Gasteiger partial charge in [0.05, 0.1) is 28.9 Å². The number of piperidine rings is 1. The molecule has 2 amide bonds. The number of aliphatic hydroxyl groups excluding tert-OH is 1. The number of aliphatic hydroxyl groups is 1. The summed E-state index contributed by atoms with van der Waals surface area (Å²) in [6.45, 7) is 8.94. The lowest BCUT2D eigenvalue weighted by Gasteiger charge is -2.35. The number of aryl methyl sites for hydroxylation is 3. The van der Waals surface area contributed by atoms with E-state index in [1.165, 1.54) is 29.4 Å². The number of aromatic nitrogens is 5. The molecular weight excluding hydrogens is 767 g/mol. The van der Waals surface area contributed by atoms with E-state index in [9.17, 15) is 19.5 Å². The number of β-amino-alcohol motifs (C(OH)–C–C–N with tert-alkyl or cyclic N) is 1. The van der Waals surface area contributed by atoms with Crippen LogP contribution in [0.3, 0.4) is 0 Å². The van der Waals surface area contributed by atoms with Gasteiger partial charge in [-0.3, -0.25) is 29.2 Å². The van der Waals surface area contributed by atoms with Gasteiger partial charge in [0, 0.05) is 68.6 Å². The van der Waals surface area contributed by atoms with Crippen molar-refractivity contribution in [3.8, 4) is 22.4 Å². The highest BCUT2D eigenvalue weighted by atomic mass is 16.3. The van der Waals surface area contributed by atoms with Gasteiger partial charge in [-0.15, -0.1) is 0 Å². The van der Waals surface area contributed by atoms with Crippen molar-refractivity contribution in [1.82, 2.24) is 34.4 Å². The van der Waals surface area contributed by atoms with Gasteiger partial charge >= 0.3 is 0 Å². The quantitative estimate of drug-likeness (QED) is 0.0658. The van der Waals surface area contributed by atoms with Crippen LogP contribution in [0, 0.1) is 13.8 Å². The van der Waals surface area contributed by atoms with E-state index in [1.54, 1.807) is 6.92 Å². The van der Waals surface area contributed by atoms with Crippen molar-refractivity contribution < 1.29 is 14.7 Å². The number of amides is 2. The van der Waals surface area contributed by atoms with Crippen LogP contribution in [0.15, 0.2) is 83.7 Å². The van der Waals surface area contributed by atoms with Crippen LogP contribution in [0.2, 0.25) is 0 Å². The molecule has 0 spiro atoms. The van der Waals surface area contributed by atoms with Gasteiger partial charge in [0.1, 0.15) is 17.7 Å². The van der Waals surface area contributed by atoms with Crippen molar-refractivity contribution in [2.45, 2.75) is 84.1 Å². The minimum absolute atomic E-state index is 0.178. The molecule has 2 saturated heterocycles. The summed E-state index contributed by atoms with van der Waals surface area (Å²) in [6, 6.07) is 26.3. The van der Waals surface area contributed by atoms with Gasteiger partial charge in [0.15, 0.2) is 5.65 Å². The van der Waals surface area contributed by atoms with E-state index in [2.05, 4.69) is 86.9 Å². The van der Waals surface area contributed by atoms with Gasteiger partial charge in [0.2, 0.25) is 11.8 Å². The number of piperazine rings is 1. The summed E-state index contributed by atoms with van der Waals surface area (Å²) >= 11 is 0. The number of unbranched alkanes of at least 4 members (excludes halogenated alkanes) is 6. The molecule has 1 unspecified atom stereocenters. The Labute approximate surface area is 356 Å². The normalized spacial score (nSPS) is 16.1. The lowest BCUT2D eigenvalue weighted by atomic mass is 9.99. The number of anilines is 2. The fourth-order valence-corrected chi connectivity index (χ4v) is 9.01. The number of imide groups is 1. The summed E-state index contributed by atoms with van der Waals surface area (Å²) < 4.78 is 3.47. The van der Waals surface area contributed by atoms with Crippen LogP contribution >= 0.6 is 0 Å². The van der Waals surface area contributed by atoms with Crippen molar-refractivity contribution in [2.75, 3.05) is 56.1 Å². The zero-order chi connectivity index (χ0) is 42.3. The molecule has 2 fully saturated rings. The largest absolute Gasteiger partial charge is 0.395 e. The average Bonchev–Trinajstić information content (AvgIpc) is 3.61. The molecule has 13 heteroatoms. The summed E-state index contributed by atoms with van der Waals surface area (Å²) in [6.07, 6.45) is 9.42. The Morgan fingerprint density at radius 3 is 2.31 bits per heavy atom. The second-order valence-corrected chi connectivity index (χ2v) is 16.5. The number of rotatable bonds is 17. The number of nitrogens with zero attached hydrogens (tertiary/aromatic N) is 7. The van der Waals surface area contributed by atoms with Crippen LogP contribution in [0.4, 0.5) is 11.5 Å². The summed E-state index contributed by atoms with van der Waals surface area (Å²) in [7, 11) is 0. The van der Waals surface area contributed by atoms with E-state index < -0.39 is 11.9 Å². The van der Waals surface area contributed by atoms with Crippen LogP contribution in [0.5, 0.6) is 0 Å². The topological polar surface area (TPSA) is 150 Å². The molecule has 3 aromatic carbocycles. The SMILES string of the molecule is Cc1nn2c(N3CCN(CCO)CC3)cc(-c3ccccc3)nc2c1-c1cccc(CCCCCCCCCNc2cccc3nc(C)n(C4CCC(=O)NC4=O)c(=O)c23)c1. The zero-order valence-corrected chi connectivity index (χ0v) is 35.4. The van der Waals surface area contributed by atoms with Crippen molar-refractivity contribution >= 4 is 39.9 Å². The van der Waals surface area contributed by atoms with Crippen molar-refractivity contribution in [3.05, 3.63) is 106 Å². The van der Waals surface area contributed by atoms with Crippen LogP contribution in [-0.4, -0.2) is 91.8 Å². The molecule has 318 valence electrons. The Bertz CT molecular complexity index is 2560. The molecule has 2 aliphatic rings. The van der Waals surface area contributed by atoms with Crippen LogP contribution in [-0.2, 0) is 16.0 Å².